The summed E-state index contributed by atoms with van der Waals surface area (Å²) in [7, 11) is 6.79. The van der Waals surface area contributed by atoms with Crippen molar-refractivity contribution in [1.29, 1.82) is 0 Å². The highest BCUT2D eigenvalue weighted by atomic mass is 16.5. The van der Waals surface area contributed by atoms with Gasteiger partial charge in [0.2, 0.25) is 5.91 Å². The molecule has 0 aromatic heterocycles. The summed E-state index contributed by atoms with van der Waals surface area (Å²) in [5, 5.41) is 2.19. The Bertz CT molecular complexity index is 747. The summed E-state index contributed by atoms with van der Waals surface area (Å²) in [5.74, 6) is -1.82. The number of barbiturate groups is 1. The zero-order chi connectivity index (χ0) is 20.0. The molecule has 4 amide bonds. The van der Waals surface area contributed by atoms with E-state index in [0.29, 0.717) is 18.0 Å². The molecule has 146 valence electrons. The molecular weight excluding hydrogens is 352 g/mol. The fourth-order valence-corrected chi connectivity index (χ4v) is 2.58. The van der Waals surface area contributed by atoms with Gasteiger partial charge in [-0.2, -0.15) is 0 Å². The number of urea groups is 1. The molecule has 1 aromatic carbocycles. The molecule has 1 N–H and O–H groups in total. The van der Waals surface area contributed by atoms with Crippen molar-refractivity contribution in [1.82, 2.24) is 10.2 Å². The molecular formula is C18H24N4O5. The van der Waals surface area contributed by atoms with E-state index in [-0.39, 0.29) is 5.69 Å². The predicted molar refractivity (Wildman–Crippen MR) is 101 cm³/mol. The third-order valence-electron chi connectivity index (χ3n) is 3.98. The lowest BCUT2D eigenvalue weighted by Gasteiger charge is -2.29. The molecule has 9 heteroatoms. The van der Waals surface area contributed by atoms with Gasteiger partial charge in [-0.25, -0.2) is 9.69 Å². The molecule has 0 saturated carbocycles. The number of amides is 4. The smallest absolute Gasteiger partial charge is 0.335 e. The van der Waals surface area contributed by atoms with Crippen LogP contribution in [0.15, 0.2) is 23.2 Å². The van der Waals surface area contributed by atoms with Crippen LogP contribution in [0.2, 0.25) is 0 Å². The second-order valence-electron chi connectivity index (χ2n) is 6.20. The Morgan fingerprint density at radius 2 is 1.96 bits per heavy atom. The number of nitrogens with one attached hydrogen (secondary N) is 1. The lowest BCUT2D eigenvalue weighted by molar-refractivity contribution is -0.131. The molecule has 27 heavy (non-hydrogen) atoms. The maximum absolute atomic E-state index is 12.8. The maximum atomic E-state index is 12.8. The molecule has 1 unspecified atom stereocenters. The normalized spacial score (nSPS) is 17.6. The molecule has 2 rings (SSSR count). The van der Waals surface area contributed by atoms with Crippen LogP contribution in [0.5, 0.6) is 11.5 Å². The number of carbonyl (C=O) groups is 3. The zero-order valence-corrected chi connectivity index (χ0v) is 15.9. The Morgan fingerprint density at radius 1 is 1.22 bits per heavy atom. The summed E-state index contributed by atoms with van der Waals surface area (Å²) < 4.78 is 10.4. The zero-order valence-electron chi connectivity index (χ0n) is 15.9. The van der Waals surface area contributed by atoms with E-state index in [1.54, 1.807) is 12.1 Å². The van der Waals surface area contributed by atoms with Gasteiger partial charge >= 0.3 is 6.03 Å². The van der Waals surface area contributed by atoms with Crippen molar-refractivity contribution in [2.75, 3.05) is 46.3 Å². The number of anilines is 1. The minimum atomic E-state index is -1.18. The summed E-state index contributed by atoms with van der Waals surface area (Å²) in [6, 6.07) is 3.88. The lowest BCUT2D eigenvalue weighted by atomic mass is 10.1. The first-order valence-electron chi connectivity index (χ1n) is 8.44. The first-order chi connectivity index (χ1) is 12.9. The third kappa shape index (κ3) is 4.82. The number of nitrogens with zero attached hydrogens (tertiary/aromatic N) is 3. The van der Waals surface area contributed by atoms with Crippen molar-refractivity contribution in [3.8, 4) is 11.5 Å². The Morgan fingerprint density at radius 3 is 2.59 bits per heavy atom. The monoisotopic (exact) mass is 376 g/mol. The molecule has 1 saturated heterocycles. The lowest BCUT2D eigenvalue weighted by Crippen LogP contribution is -2.58. The fourth-order valence-electron chi connectivity index (χ4n) is 2.58. The van der Waals surface area contributed by atoms with Gasteiger partial charge < -0.3 is 14.4 Å². The van der Waals surface area contributed by atoms with Crippen molar-refractivity contribution in [2.24, 2.45) is 10.9 Å². The quantitative estimate of drug-likeness (QED) is 0.411. The second kappa shape index (κ2) is 9.13. The van der Waals surface area contributed by atoms with Gasteiger partial charge in [-0.15, -0.1) is 0 Å². The molecule has 1 aliphatic heterocycles. The number of hydrogen-bond donors (Lipinski definition) is 1. The minimum Gasteiger partial charge on any atom is -0.497 e. The highest BCUT2D eigenvalue weighted by Gasteiger charge is 2.41. The average Bonchev–Trinajstić information content (AvgIpc) is 2.63. The van der Waals surface area contributed by atoms with Crippen LogP contribution in [-0.4, -0.2) is 70.4 Å². The number of imide groups is 2. The molecule has 1 heterocycles. The highest BCUT2D eigenvalue weighted by Crippen LogP contribution is 2.34. The second-order valence-corrected chi connectivity index (χ2v) is 6.20. The van der Waals surface area contributed by atoms with Gasteiger partial charge in [-0.3, -0.25) is 19.9 Å². The van der Waals surface area contributed by atoms with Gasteiger partial charge in [0.1, 0.15) is 11.5 Å². The SMILES string of the molecule is COc1ccc(OC)c(N2C(=O)NC(=O)C(C=NCCCN(C)C)C2=O)c1. The van der Waals surface area contributed by atoms with Crippen LogP contribution in [0.3, 0.4) is 0 Å². The summed E-state index contributed by atoms with van der Waals surface area (Å²) >= 11 is 0. The number of aliphatic imine (C=N–C) groups is 1. The topological polar surface area (TPSA) is 101 Å². The first-order valence-corrected chi connectivity index (χ1v) is 8.44. The molecule has 9 nitrogen and oxygen atoms in total. The molecule has 1 atom stereocenters. The van der Waals surface area contributed by atoms with E-state index in [0.717, 1.165) is 17.9 Å². The standard InChI is InChI=1S/C18H24N4O5/c1-21(2)9-5-8-19-11-13-16(23)20-18(25)22(17(13)24)14-10-12(26-3)6-7-15(14)27-4/h6-7,10-11,13H,5,8-9H2,1-4H3,(H,20,23,25). The van der Waals surface area contributed by atoms with Crippen LogP contribution in [0, 0.1) is 5.92 Å². The van der Waals surface area contributed by atoms with E-state index in [1.807, 2.05) is 19.0 Å². The first kappa shape index (κ1) is 20.4. The van der Waals surface area contributed by atoms with E-state index in [1.165, 1.54) is 26.5 Å². The van der Waals surface area contributed by atoms with Crippen molar-refractivity contribution in [3.63, 3.8) is 0 Å². The van der Waals surface area contributed by atoms with E-state index in [4.69, 9.17) is 9.47 Å². The number of hydrogen-bond acceptors (Lipinski definition) is 7. The van der Waals surface area contributed by atoms with Crippen molar-refractivity contribution in [2.45, 2.75) is 6.42 Å². The van der Waals surface area contributed by atoms with Gasteiger partial charge in [0, 0.05) is 18.8 Å². The van der Waals surface area contributed by atoms with Gasteiger partial charge in [-0.05, 0) is 39.2 Å². The van der Waals surface area contributed by atoms with Gasteiger partial charge in [0.15, 0.2) is 5.92 Å². The van der Waals surface area contributed by atoms with Crippen molar-refractivity contribution in [3.05, 3.63) is 18.2 Å². The molecule has 1 aliphatic rings. The molecule has 1 aromatic rings. The van der Waals surface area contributed by atoms with Crippen LogP contribution < -0.4 is 19.7 Å². The Hall–Kier alpha value is -2.94. The number of ether oxygens (including phenoxy) is 2. The van der Waals surface area contributed by atoms with Crippen LogP contribution in [0.1, 0.15) is 6.42 Å². The Balaban J connectivity index is 2.25. The molecule has 0 bridgehead atoms. The third-order valence-corrected chi connectivity index (χ3v) is 3.98. The Kier molecular flexibility index (Phi) is 6.89. The van der Waals surface area contributed by atoms with Crippen LogP contribution in [0.4, 0.5) is 10.5 Å². The predicted octanol–water partition coefficient (Wildman–Crippen LogP) is 0.925. The summed E-state index contributed by atoms with van der Waals surface area (Å²) in [4.78, 5) is 44.3. The van der Waals surface area contributed by atoms with Crippen LogP contribution in [-0.2, 0) is 9.59 Å². The molecule has 0 spiro atoms. The van der Waals surface area contributed by atoms with Gasteiger partial charge in [-0.1, -0.05) is 0 Å². The van der Waals surface area contributed by atoms with Crippen LogP contribution in [0.25, 0.3) is 0 Å². The van der Waals surface area contributed by atoms with E-state index in [2.05, 4.69) is 10.3 Å². The van der Waals surface area contributed by atoms with Gasteiger partial charge in [0.05, 0.1) is 19.9 Å². The summed E-state index contributed by atoms with van der Waals surface area (Å²) in [6.07, 6.45) is 2.08. The number of rotatable bonds is 8. The molecule has 0 aliphatic carbocycles. The summed E-state index contributed by atoms with van der Waals surface area (Å²) in [6.45, 7) is 1.32. The molecule has 1 fully saturated rings. The Labute approximate surface area is 157 Å². The van der Waals surface area contributed by atoms with E-state index >= 15 is 0 Å². The van der Waals surface area contributed by atoms with E-state index < -0.39 is 23.8 Å². The largest absolute Gasteiger partial charge is 0.497 e. The minimum absolute atomic E-state index is 0.192. The van der Waals surface area contributed by atoms with Gasteiger partial charge in [0.25, 0.3) is 5.91 Å². The fraction of sp³-hybridized carbons (Fsp3) is 0.444. The number of benzene rings is 1. The maximum Gasteiger partial charge on any atom is 0.335 e. The number of methoxy groups -OCH3 is 2. The van der Waals surface area contributed by atoms with Crippen LogP contribution >= 0.6 is 0 Å². The summed E-state index contributed by atoms with van der Waals surface area (Å²) in [5.41, 5.74) is 0.192. The highest BCUT2D eigenvalue weighted by molar-refractivity contribution is 6.33. The van der Waals surface area contributed by atoms with E-state index in [9.17, 15) is 14.4 Å². The number of carbonyl (C=O) groups excluding carboxylic acids is 3. The average molecular weight is 376 g/mol. The van der Waals surface area contributed by atoms with Crippen molar-refractivity contribution < 1.29 is 23.9 Å². The molecule has 0 radical (unpaired) electrons. The van der Waals surface area contributed by atoms with Crippen molar-refractivity contribution >= 4 is 29.7 Å².